The van der Waals surface area contributed by atoms with Crippen molar-refractivity contribution in [3.63, 3.8) is 0 Å². The number of hydrogen-bond donors (Lipinski definition) is 1. The van der Waals surface area contributed by atoms with Gasteiger partial charge in [-0.05, 0) is 68.0 Å². The monoisotopic (exact) mass is 289 g/mol. The van der Waals surface area contributed by atoms with Crippen molar-refractivity contribution in [3.05, 3.63) is 29.3 Å². The highest BCUT2D eigenvalue weighted by Crippen LogP contribution is 2.36. The van der Waals surface area contributed by atoms with E-state index in [1.165, 1.54) is 24.8 Å². The fraction of sp³-hybridized carbons (Fsp3) is 0.667. The quantitative estimate of drug-likeness (QED) is 0.927. The molecule has 2 atom stereocenters. The highest BCUT2D eigenvalue weighted by atomic mass is 16.5. The van der Waals surface area contributed by atoms with Crippen molar-refractivity contribution >= 4 is 0 Å². The number of likely N-dealkylation sites (tertiary alicyclic amines) is 1. The molecule has 1 aromatic rings. The van der Waals surface area contributed by atoms with E-state index in [2.05, 4.69) is 17.9 Å². The molecular weight excluding hydrogens is 262 g/mol. The van der Waals surface area contributed by atoms with Gasteiger partial charge in [-0.15, -0.1) is 0 Å². The van der Waals surface area contributed by atoms with Gasteiger partial charge in [-0.3, -0.25) is 4.90 Å². The van der Waals surface area contributed by atoms with Crippen LogP contribution in [0.4, 0.5) is 0 Å². The van der Waals surface area contributed by atoms with Gasteiger partial charge >= 0.3 is 0 Å². The van der Waals surface area contributed by atoms with Gasteiger partial charge in [-0.2, -0.15) is 0 Å². The van der Waals surface area contributed by atoms with Crippen molar-refractivity contribution < 1.29 is 9.84 Å². The molecule has 0 bridgehead atoms. The second kappa shape index (κ2) is 6.37. The maximum Gasteiger partial charge on any atom is 0.119 e. The molecule has 1 aliphatic carbocycles. The molecule has 0 aromatic heterocycles. The summed E-state index contributed by atoms with van der Waals surface area (Å²) in [5, 5.41) is 10.8. The third kappa shape index (κ3) is 2.95. The van der Waals surface area contributed by atoms with Crippen molar-refractivity contribution in [1.82, 2.24) is 4.90 Å². The number of rotatable bonds is 3. The summed E-state index contributed by atoms with van der Waals surface area (Å²) >= 11 is 0. The van der Waals surface area contributed by atoms with Crippen LogP contribution < -0.4 is 4.74 Å². The second-order valence-corrected chi connectivity index (χ2v) is 6.50. The maximum atomic E-state index is 10.8. The minimum absolute atomic E-state index is 0.295. The number of aliphatic hydroxyl groups excluding tert-OH is 1. The van der Waals surface area contributed by atoms with Crippen molar-refractivity contribution in [1.29, 1.82) is 0 Å². The first-order chi connectivity index (χ1) is 10.2. The van der Waals surface area contributed by atoms with E-state index in [1.807, 2.05) is 12.1 Å². The molecule has 3 nitrogen and oxygen atoms in total. The Bertz CT molecular complexity index is 480. The van der Waals surface area contributed by atoms with E-state index >= 15 is 0 Å². The lowest BCUT2D eigenvalue weighted by atomic mass is 9.83. The van der Waals surface area contributed by atoms with Gasteiger partial charge in [0.15, 0.2) is 0 Å². The van der Waals surface area contributed by atoms with Gasteiger partial charge < -0.3 is 9.84 Å². The van der Waals surface area contributed by atoms with Crippen LogP contribution in [0.25, 0.3) is 0 Å². The Morgan fingerprint density at radius 1 is 1.24 bits per heavy atom. The lowest BCUT2D eigenvalue weighted by Crippen LogP contribution is -2.46. The molecule has 1 fully saturated rings. The highest BCUT2D eigenvalue weighted by molar-refractivity contribution is 5.39. The summed E-state index contributed by atoms with van der Waals surface area (Å²) in [7, 11) is 1.70. The second-order valence-electron chi connectivity index (χ2n) is 6.50. The van der Waals surface area contributed by atoms with Crippen molar-refractivity contribution in [2.24, 2.45) is 5.92 Å². The van der Waals surface area contributed by atoms with Crippen LogP contribution in [0.3, 0.4) is 0 Å². The number of methoxy groups -OCH3 is 1. The molecular formula is C18H27NO2. The smallest absolute Gasteiger partial charge is 0.119 e. The van der Waals surface area contributed by atoms with E-state index in [0.29, 0.717) is 6.04 Å². The molecule has 21 heavy (non-hydrogen) atoms. The van der Waals surface area contributed by atoms with Gasteiger partial charge in [-0.25, -0.2) is 0 Å². The van der Waals surface area contributed by atoms with E-state index in [-0.39, 0.29) is 6.10 Å². The average molecular weight is 289 g/mol. The van der Waals surface area contributed by atoms with E-state index in [1.54, 1.807) is 7.11 Å². The zero-order valence-electron chi connectivity index (χ0n) is 13.2. The maximum absolute atomic E-state index is 10.8. The molecule has 2 unspecified atom stereocenters. The summed E-state index contributed by atoms with van der Waals surface area (Å²) < 4.78 is 5.29. The Kier molecular flexibility index (Phi) is 4.51. The Morgan fingerprint density at radius 2 is 2.00 bits per heavy atom. The normalized spacial score (nSPS) is 27.4. The van der Waals surface area contributed by atoms with Crippen LogP contribution in [0.1, 0.15) is 49.8 Å². The summed E-state index contributed by atoms with van der Waals surface area (Å²) in [6.07, 6.45) is 5.62. The molecule has 3 rings (SSSR count). The van der Waals surface area contributed by atoms with Gasteiger partial charge in [0, 0.05) is 6.04 Å². The molecule has 0 amide bonds. The summed E-state index contributed by atoms with van der Waals surface area (Å²) in [5.41, 5.74) is 2.35. The molecule has 1 heterocycles. The van der Waals surface area contributed by atoms with Gasteiger partial charge in [0.1, 0.15) is 5.75 Å². The van der Waals surface area contributed by atoms with E-state index in [9.17, 15) is 5.11 Å². The summed E-state index contributed by atoms with van der Waals surface area (Å²) in [6, 6.07) is 6.39. The molecule has 0 radical (unpaired) electrons. The SMILES string of the molecule is CCC1CCN(C2CCc3cc(OC)ccc3C2O)CC1. The minimum Gasteiger partial charge on any atom is -0.497 e. The van der Waals surface area contributed by atoms with Crippen LogP contribution in [0.5, 0.6) is 5.75 Å². The minimum atomic E-state index is -0.349. The summed E-state index contributed by atoms with van der Waals surface area (Å²) in [6.45, 7) is 4.58. The Hall–Kier alpha value is -1.06. The zero-order chi connectivity index (χ0) is 14.8. The lowest BCUT2D eigenvalue weighted by molar-refractivity contribution is 0.0172. The molecule has 0 spiro atoms. The number of fused-ring (bicyclic) bond motifs is 1. The zero-order valence-corrected chi connectivity index (χ0v) is 13.2. The largest absolute Gasteiger partial charge is 0.497 e. The number of hydrogen-bond acceptors (Lipinski definition) is 3. The number of nitrogens with zero attached hydrogens (tertiary/aromatic N) is 1. The molecule has 1 saturated heterocycles. The Labute approximate surface area is 127 Å². The number of benzene rings is 1. The Morgan fingerprint density at radius 3 is 2.67 bits per heavy atom. The van der Waals surface area contributed by atoms with E-state index < -0.39 is 0 Å². The summed E-state index contributed by atoms with van der Waals surface area (Å²) in [5.74, 6) is 1.78. The topological polar surface area (TPSA) is 32.7 Å². The molecule has 2 aliphatic rings. The number of aliphatic hydroxyl groups is 1. The van der Waals surface area contributed by atoms with Gasteiger partial charge in [0.05, 0.1) is 13.2 Å². The lowest BCUT2D eigenvalue weighted by Gasteiger charge is -2.42. The highest BCUT2D eigenvalue weighted by Gasteiger charge is 2.34. The molecule has 116 valence electrons. The standard InChI is InChI=1S/C18H27NO2/c1-3-13-8-10-19(11-9-13)17-7-4-14-12-15(21-2)5-6-16(14)18(17)20/h5-6,12-13,17-18,20H,3-4,7-11H2,1-2H3. The predicted octanol–water partition coefficient (Wildman–Crippen LogP) is 3.17. The number of piperidine rings is 1. The fourth-order valence-electron chi connectivity index (χ4n) is 3.96. The van der Waals surface area contributed by atoms with E-state index in [4.69, 9.17) is 4.74 Å². The Balaban J connectivity index is 1.72. The number of ether oxygens (including phenoxy) is 1. The van der Waals surface area contributed by atoms with Crippen LogP contribution in [0, 0.1) is 5.92 Å². The predicted molar refractivity (Wildman–Crippen MR) is 84.7 cm³/mol. The van der Waals surface area contributed by atoms with Crippen molar-refractivity contribution in [2.75, 3.05) is 20.2 Å². The van der Waals surface area contributed by atoms with Crippen LogP contribution >= 0.6 is 0 Å². The molecule has 1 N–H and O–H groups in total. The van der Waals surface area contributed by atoms with Crippen LogP contribution in [-0.4, -0.2) is 36.2 Å². The average Bonchev–Trinajstić information content (AvgIpc) is 2.55. The molecule has 1 aliphatic heterocycles. The molecule has 1 aromatic carbocycles. The third-order valence-corrected chi connectivity index (χ3v) is 5.44. The van der Waals surface area contributed by atoms with Gasteiger partial charge in [-0.1, -0.05) is 19.4 Å². The van der Waals surface area contributed by atoms with Crippen molar-refractivity contribution in [2.45, 2.75) is 51.2 Å². The van der Waals surface area contributed by atoms with Gasteiger partial charge in [0.25, 0.3) is 0 Å². The van der Waals surface area contributed by atoms with Crippen LogP contribution in [0.2, 0.25) is 0 Å². The van der Waals surface area contributed by atoms with Crippen LogP contribution in [-0.2, 0) is 6.42 Å². The first-order valence-corrected chi connectivity index (χ1v) is 8.31. The van der Waals surface area contributed by atoms with Gasteiger partial charge in [0.2, 0.25) is 0 Å². The first-order valence-electron chi connectivity index (χ1n) is 8.31. The number of aryl methyl sites for hydroxylation is 1. The third-order valence-electron chi connectivity index (χ3n) is 5.44. The fourth-order valence-corrected chi connectivity index (χ4v) is 3.96. The molecule has 0 saturated carbocycles. The first kappa shape index (κ1) is 14.9. The van der Waals surface area contributed by atoms with Crippen LogP contribution in [0.15, 0.2) is 18.2 Å². The summed E-state index contributed by atoms with van der Waals surface area (Å²) in [4.78, 5) is 2.52. The molecule has 3 heteroatoms. The van der Waals surface area contributed by atoms with Crippen molar-refractivity contribution in [3.8, 4) is 5.75 Å². The van der Waals surface area contributed by atoms with E-state index in [0.717, 1.165) is 43.2 Å².